The van der Waals surface area contributed by atoms with Gasteiger partial charge in [-0.25, -0.2) is 13.2 Å². The molecule has 0 saturated carbocycles. The summed E-state index contributed by atoms with van der Waals surface area (Å²) >= 11 is 1.19. The van der Waals surface area contributed by atoms with E-state index in [9.17, 15) is 22.4 Å². The Bertz CT molecular complexity index is 1230. The molecule has 0 radical (unpaired) electrons. The Morgan fingerprint density at radius 1 is 1.26 bits per heavy atom. The standard InChI is InChI=1S/C24H27FN2O6S2/c1-4-5-11-17-14-27(23(28)16-9-7-6-8-10-16)19-12-21(34-3)20(33-15-18(25)24(29)30)13-22(19)35(31,32)26(17)2/h6-10,12-13,15,17H,4-5,11,14H2,1-3H3,(H,29,30)/b18-15-. The number of unbranched alkanes of at least 4 members (excludes halogenated alkanes) is 1. The summed E-state index contributed by atoms with van der Waals surface area (Å²) in [6.45, 7) is 2.16. The fourth-order valence-corrected chi connectivity index (χ4v) is 5.88. The number of halogens is 1. The van der Waals surface area contributed by atoms with Crippen LogP contribution in [0.1, 0.15) is 36.5 Å². The van der Waals surface area contributed by atoms with Crippen LogP contribution in [-0.4, -0.2) is 55.6 Å². The number of benzene rings is 2. The van der Waals surface area contributed by atoms with Crippen LogP contribution in [0, 0.1) is 0 Å². The van der Waals surface area contributed by atoms with E-state index in [1.54, 1.807) is 36.6 Å². The van der Waals surface area contributed by atoms with Gasteiger partial charge in [-0.2, -0.15) is 8.70 Å². The summed E-state index contributed by atoms with van der Waals surface area (Å²) in [5.74, 6) is -3.73. The van der Waals surface area contributed by atoms with E-state index in [0.29, 0.717) is 23.1 Å². The summed E-state index contributed by atoms with van der Waals surface area (Å²) in [6.07, 6.45) is 4.31. The van der Waals surface area contributed by atoms with Gasteiger partial charge in [-0.15, -0.1) is 11.8 Å². The molecule has 0 saturated heterocycles. The van der Waals surface area contributed by atoms with Crippen LogP contribution in [0.15, 0.2) is 64.3 Å². The number of rotatable bonds is 8. The van der Waals surface area contributed by atoms with Gasteiger partial charge in [-0.1, -0.05) is 38.0 Å². The van der Waals surface area contributed by atoms with Crippen LogP contribution in [0.2, 0.25) is 0 Å². The maximum atomic E-state index is 13.6. The third-order valence-corrected chi connectivity index (χ3v) is 8.45. The Balaban J connectivity index is 2.21. The molecule has 188 valence electrons. The summed E-state index contributed by atoms with van der Waals surface area (Å²) in [6, 6.07) is 10.8. The van der Waals surface area contributed by atoms with Gasteiger partial charge in [0.1, 0.15) is 16.9 Å². The number of nitrogens with zero attached hydrogens (tertiary/aromatic N) is 2. The number of thioether (sulfide) groups is 1. The topological polar surface area (TPSA) is 104 Å². The monoisotopic (exact) mass is 522 g/mol. The second-order valence-corrected chi connectivity index (χ2v) is 10.8. The number of hydrogen-bond acceptors (Lipinski definition) is 6. The molecule has 1 aliphatic heterocycles. The quantitative estimate of drug-likeness (QED) is 0.309. The van der Waals surface area contributed by atoms with Gasteiger partial charge >= 0.3 is 5.97 Å². The highest BCUT2D eigenvalue weighted by atomic mass is 32.2. The Kier molecular flexibility index (Phi) is 8.57. The van der Waals surface area contributed by atoms with E-state index < -0.39 is 27.9 Å². The Morgan fingerprint density at radius 2 is 1.94 bits per heavy atom. The van der Waals surface area contributed by atoms with Gasteiger partial charge in [0.05, 0.1) is 10.6 Å². The molecule has 0 aliphatic carbocycles. The highest BCUT2D eigenvalue weighted by Crippen LogP contribution is 2.41. The van der Waals surface area contributed by atoms with Crippen molar-refractivity contribution in [2.45, 2.75) is 42.0 Å². The number of hydrogen-bond donors (Lipinski definition) is 1. The summed E-state index contributed by atoms with van der Waals surface area (Å²) in [7, 11) is -2.59. The van der Waals surface area contributed by atoms with Crippen LogP contribution in [0.4, 0.5) is 10.1 Å². The normalized spacial score (nSPS) is 18.0. The first-order chi connectivity index (χ1) is 16.6. The molecule has 0 aromatic heterocycles. The number of carboxylic acid groups (broad SMARTS) is 1. The molecular formula is C24H27FN2O6S2. The van der Waals surface area contributed by atoms with E-state index in [4.69, 9.17) is 9.84 Å². The predicted molar refractivity (Wildman–Crippen MR) is 132 cm³/mol. The van der Waals surface area contributed by atoms with Crippen LogP contribution in [0.25, 0.3) is 0 Å². The average molecular weight is 523 g/mol. The fraction of sp³-hybridized carbons (Fsp3) is 0.333. The molecular weight excluding hydrogens is 495 g/mol. The Morgan fingerprint density at radius 3 is 2.54 bits per heavy atom. The summed E-state index contributed by atoms with van der Waals surface area (Å²) in [5, 5.41) is 8.76. The lowest BCUT2D eigenvalue weighted by atomic mass is 10.1. The van der Waals surface area contributed by atoms with E-state index >= 15 is 0 Å². The molecule has 3 rings (SSSR count). The van der Waals surface area contributed by atoms with Gasteiger partial charge in [0.15, 0.2) is 0 Å². The highest BCUT2D eigenvalue weighted by Gasteiger charge is 2.39. The van der Waals surface area contributed by atoms with Crippen molar-refractivity contribution in [3.8, 4) is 5.75 Å². The first-order valence-electron chi connectivity index (χ1n) is 10.9. The number of carbonyl (C=O) groups is 2. The Hall–Kier alpha value is -2.89. The lowest BCUT2D eigenvalue weighted by molar-refractivity contribution is -0.134. The second-order valence-electron chi connectivity index (χ2n) is 7.96. The molecule has 0 fully saturated rings. The molecule has 11 heteroatoms. The number of ether oxygens (including phenoxy) is 1. The van der Waals surface area contributed by atoms with Crippen molar-refractivity contribution < 1.29 is 32.2 Å². The lowest BCUT2D eigenvalue weighted by Crippen LogP contribution is -2.43. The molecule has 2 aromatic carbocycles. The number of anilines is 1. The third-order valence-electron chi connectivity index (χ3n) is 5.75. The van der Waals surface area contributed by atoms with Gasteiger partial charge in [0.25, 0.3) is 5.91 Å². The van der Waals surface area contributed by atoms with E-state index in [0.717, 1.165) is 12.8 Å². The fourth-order valence-electron chi connectivity index (χ4n) is 3.78. The average Bonchev–Trinajstić information content (AvgIpc) is 2.93. The van der Waals surface area contributed by atoms with Gasteiger partial charge < -0.3 is 14.7 Å². The van der Waals surface area contributed by atoms with E-state index in [1.807, 2.05) is 6.92 Å². The number of sulfonamides is 1. The van der Waals surface area contributed by atoms with Crippen molar-refractivity contribution in [1.82, 2.24) is 4.31 Å². The van der Waals surface area contributed by atoms with Crippen LogP contribution in [-0.2, 0) is 14.8 Å². The zero-order valence-electron chi connectivity index (χ0n) is 19.6. The number of carbonyl (C=O) groups excluding carboxylic acids is 1. The number of fused-ring (bicyclic) bond motifs is 1. The number of likely N-dealkylation sites (N-methyl/N-ethyl adjacent to an activating group) is 1. The van der Waals surface area contributed by atoms with Crippen LogP contribution in [0.3, 0.4) is 0 Å². The molecule has 8 nitrogen and oxygen atoms in total. The summed E-state index contributed by atoms with van der Waals surface area (Å²) in [4.78, 5) is 26.1. The molecule has 2 aromatic rings. The minimum atomic E-state index is -4.07. The molecule has 1 N–H and O–H groups in total. The van der Waals surface area contributed by atoms with E-state index in [-0.39, 0.29) is 28.8 Å². The first kappa shape index (κ1) is 26.7. The van der Waals surface area contributed by atoms with Crippen molar-refractivity contribution in [2.75, 3.05) is 24.7 Å². The van der Waals surface area contributed by atoms with Crippen LogP contribution >= 0.6 is 11.8 Å². The van der Waals surface area contributed by atoms with Crippen LogP contribution in [0.5, 0.6) is 5.75 Å². The van der Waals surface area contributed by atoms with Crippen LogP contribution < -0.4 is 9.64 Å². The molecule has 0 bridgehead atoms. The minimum Gasteiger partial charge on any atom is -0.476 e. The molecule has 0 spiro atoms. The van der Waals surface area contributed by atoms with Crippen molar-refractivity contribution in [3.05, 3.63) is 60.1 Å². The van der Waals surface area contributed by atoms with E-state index in [1.165, 1.54) is 40.1 Å². The Labute approximate surface area is 208 Å². The zero-order valence-corrected chi connectivity index (χ0v) is 21.2. The summed E-state index contributed by atoms with van der Waals surface area (Å²) < 4.78 is 47.3. The molecule has 1 atom stereocenters. The summed E-state index contributed by atoms with van der Waals surface area (Å²) in [5.41, 5.74) is 0.594. The lowest BCUT2D eigenvalue weighted by Gasteiger charge is -2.28. The second kappa shape index (κ2) is 11.2. The maximum absolute atomic E-state index is 13.6. The van der Waals surface area contributed by atoms with Crippen molar-refractivity contribution in [3.63, 3.8) is 0 Å². The third kappa shape index (κ3) is 5.68. The van der Waals surface area contributed by atoms with Gasteiger partial charge in [0, 0.05) is 31.3 Å². The van der Waals surface area contributed by atoms with E-state index in [2.05, 4.69) is 0 Å². The molecule has 1 unspecified atom stereocenters. The predicted octanol–water partition coefficient (Wildman–Crippen LogP) is 4.52. The van der Waals surface area contributed by atoms with Crippen molar-refractivity contribution in [1.29, 1.82) is 0 Å². The molecule has 1 amide bonds. The SMILES string of the molecule is CCCCC1CN(C(=O)c2ccccc2)c2cc(SC)c(O/C=C(\F)C(=O)O)cc2S(=O)(=O)N1C. The van der Waals surface area contributed by atoms with Crippen molar-refractivity contribution >= 4 is 39.3 Å². The largest absolute Gasteiger partial charge is 0.476 e. The number of aliphatic carboxylic acids is 1. The zero-order chi connectivity index (χ0) is 25.8. The minimum absolute atomic E-state index is 0.0382. The van der Waals surface area contributed by atoms with Gasteiger partial charge in [-0.3, -0.25) is 4.79 Å². The number of carboxylic acids is 1. The number of amides is 1. The highest BCUT2D eigenvalue weighted by molar-refractivity contribution is 7.98. The first-order valence-corrected chi connectivity index (χ1v) is 13.6. The molecule has 1 heterocycles. The molecule has 35 heavy (non-hydrogen) atoms. The van der Waals surface area contributed by atoms with Gasteiger partial charge in [0.2, 0.25) is 15.9 Å². The molecule has 1 aliphatic rings. The smallest absolute Gasteiger partial charge is 0.368 e. The van der Waals surface area contributed by atoms with Crippen molar-refractivity contribution in [2.24, 2.45) is 0 Å². The maximum Gasteiger partial charge on any atom is 0.368 e. The van der Waals surface area contributed by atoms with Gasteiger partial charge in [-0.05, 0) is 30.9 Å².